The number of rotatable bonds is 7. The van der Waals surface area contributed by atoms with E-state index in [0.717, 1.165) is 17.7 Å². The Hall–Kier alpha value is -2.00. The third-order valence-corrected chi connectivity index (χ3v) is 6.97. The van der Waals surface area contributed by atoms with Crippen molar-refractivity contribution in [2.24, 2.45) is 0 Å². The zero-order chi connectivity index (χ0) is 21.1. The lowest BCUT2D eigenvalue weighted by Crippen LogP contribution is -2.51. The smallest absolute Gasteiger partial charge is 0.409 e. The number of carbonyl (C=O) groups is 1. The molecule has 0 radical (unpaired) electrons. The Morgan fingerprint density at radius 2 is 1.93 bits per heavy atom. The first kappa shape index (κ1) is 21.7. The van der Waals surface area contributed by atoms with Crippen molar-refractivity contribution in [3.63, 3.8) is 0 Å². The zero-order valence-electron chi connectivity index (χ0n) is 17.3. The van der Waals surface area contributed by atoms with E-state index in [1.807, 2.05) is 32.0 Å². The monoisotopic (exact) mass is 426 g/mol. The summed E-state index contributed by atoms with van der Waals surface area (Å²) >= 11 is 0. The van der Waals surface area contributed by atoms with Crippen LogP contribution in [0.3, 0.4) is 0 Å². The highest BCUT2D eigenvalue weighted by Crippen LogP contribution is 2.41. The minimum absolute atomic E-state index is 0.00772. The maximum absolute atomic E-state index is 12.6. The van der Waals surface area contributed by atoms with Crippen LogP contribution in [0.1, 0.15) is 32.8 Å². The van der Waals surface area contributed by atoms with Crippen LogP contribution in [0.15, 0.2) is 18.2 Å². The number of nitrogens with zero attached hydrogens (tertiary/aromatic N) is 2. The van der Waals surface area contributed by atoms with Gasteiger partial charge in [0.25, 0.3) is 0 Å². The van der Waals surface area contributed by atoms with Crippen LogP contribution in [-0.4, -0.2) is 74.5 Å². The predicted octanol–water partition coefficient (Wildman–Crippen LogP) is 2.27. The van der Waals surface area contributed by atoms with Gasteiger partial charge in [-0.25, -0.2) is 13.2 Å². The molecule has 0 atom stereocenters. The average molecular weight is 427 g/mol. The normalized spacial score (nSPS) is 18.8. The molecule has 0 bridgehead atoms. The molecule has 1 aromatic rings. The molecule has 8 nitrogen and oxygen atoms in total. The molecule has 1 fully saturated rings. The summed E-state index contributed by atoms with van der Waals surface area (Å²) in [6.45, 7) is 7.68. The Bertz CT molecular complexity index is 831. The molecule has 1 aromatic carbocycles. The van der Waals surface area contributed by atoms with E-state index in [-0.39, 0.29) is 24.4 Å². The fourth-order valence-corrected chi connectivity index (χ4v) is 5.08. The molecule has 0 spiro atoms. The number of fused-ring (bicyclic) bond motifs is 1. The lowest BCUT2D eigenvalue weighted by Gasteiger charge is -2.33. The van der Waals surface area contributed by atoms with Gasteiger partial charge < -0.3 is 19.1 Å². The first-order valence-electron chi connectivity index (χ1n) is 10.0. The van der Waals surface area contributed by atoms with Crippen molar-refractivity contribution in [2.75, 3.05) is 45.1 Å². The van der Waals surface area contributed by atoms with Crippen LogP contribution in [0.2, 0.25) is 0 Å². The number of amides is 1. The van der Waals surface area contributed by atoms with Crippen molar-refractivity contribution in [2.45, 2.75) is 39.2 Å². The van der Waals surface area contributed by atoms with E-state index in [2.05, 4.69) is 0 Å². The minimum Gasteiger partial charge on any atom is -0.490 e. The first-order chi connectivity index (χ1) is 13.7. The third kappa shape index (κ3) is 5.33. The number of benzene rings is 1. The SMILES string of the molecule is CCOC(=O)N1CCN(S(=O)(=O)CCCOc2cccc3c2OC(C)(C)C3)CC1. The van der Waals surface area contributed by atoms with E-state index < -0.39 is 16.1 Å². The highest BCUT2D eigenvalue weighted by atomic mass is 32.2. The van der Waals surface area contributed by atoms with Gasteiger partial charge in [0.15, 0.2) is 11.5 Å². The van der Waals surface area contributed by atoms with Crippen molar-refractivity contribution in [1.29, 1.82) is 0 Å². The van der Waals surface area contributed by atoms with Crippen LogP contribution < -0.4 is 9.47 Å². The van der Waals surface area contributed by atoms with Crippen LogP contribution in [-0.2, 0) is 21.2 Å². The summed E-state index contributed by atoms with van der Waals surface area (Å²) in [5.41, 5.74) is 0.858. The second kappa shape index (κ2) is 8.79. The van der Waals surface area contributed by atoms with Gasteiger partial charge in [0.1, 0.15) is 5.60 Å². The first-order valence-corrected chi connectivity index (χ1v) is 11.7. The van der Waals surface area contributed by atoms with Gasteiger partial charge in [-0.15, -0.1) is 0 Å². The molecule has 3 rings (SSSR count). The standard InChI is InChI=1S/C20H30N2O6S/c1-4-26-19(23)21-9-11-22(12-10-21)29(24,25)14-6-13-27-17-8-5-7-16-15-20(2,3)28-18(16)17/h5,7-8H,4,6,9-15H2,1-3H3. The Morgan fingerprint density at radius 3 is 2.62 bits per heavy atom. The largest absolute Gasteiger partial charge is 0.490 e. The molecule has 0 N–H and O–H groups in total. The molecule has 2 aliphatic heterocycles. The van der Waals surface area contributed by atoms with Crippen LogP contribution >= 0.6 is 0 Å². The second-order valence-electron chi connectivity index (χ2n) is 7.89. The molecule has 0 unspecified atom stereocenters. The van der Waals surface area contributed by atoms with Gasteiger partial charge in [-0.2, -0.15) is 4.31 Å². The van der Waals surface area contributed by atoms with Crippen molar-refractivity contribution < 1.29 is 27.4 Å². The second-order valence-corrected chi connectivity index (χ2v) is 9.97. The lowest BCUT2D eigenvalue weighted by atomic mass is 10.0. The Labute approximate surface area is 172 Å². The fraction of sp³-hybridized carbons (Fsp3) is 0.650. The van der Waals surface area contributed by atoms with Crippen LogP contribution in [0.25, 0.3) is 0 Å². The van der Waals surface area contributed by atoms with E-state index in [1.165, 1.54) is 9.21 Å². The van der Waals surface area contributed by atoms with Crippen molar-refractivity contribution in [3.05, 3.63) is 23.8 Å². The fourth-order valence-electron chi connectivity index (χ4n) is 3.62. The van der Waals surface area contributed by atoms with Crippen molar-refractivity contribution in [3.8, 4) is 11.5 Å². The number of carbonyl (C=O) groups excluding carboxylic acids is 1. The van der Waals surface area contributed by atoms with Gasteiger partial charge in [0.05, 0.1) is 19.0 Å². The average Bonchev–Trinajstić information content (AvgIpc) is 3.00. The number of hydrogen-bond donors (Lipinski definition) is 0. The van der Waals surface area contributed by atoms with Crippen LogP contribution in [0.5, 0.6) is 11.5 Å². The predicted molar refractivity (Wildman–Crippen MR) is 109 cm³/mol. The van der Waals surface area contributed by atoms with Crippen molar-refractivity contribution >= 4 is 16.1 Å². The van der Waals surface area contributed by atoms with Gasteiger partial charge in [0.2, 0.25) is 10.0 Å². The molecule has 29 heavy (non-hydrogen) atoms. The maximum Gasteiger partial charge on any atom is 0.409 e. The molecule has 1 saturated heterocycles. The maximum atomic E-state index is 12.6. The quantitative estimate of drug-likeness (QED) is 0.622. The van der Waals surface area contributed by atoms with Gasteiger partial charge >= 0.3 is 6.09 Å². The van der Waals surface area contributed by atoms with Gasteiger partial charge in [-0.1, -0.05) is 12.1 Å². The molecular formula is C20H30N2O6S. The van der Waals surface area contributed by atoms with Gasteiger partial charge in [-0.05, 0) is 33.3 Å². The Morgan fingerprint density at radius 1 is 1.21 bits per heavy atom. The molecule has 0 aromatic heterocycles. The summed E-state index contributed by atoms with van der Waals surface area (Å²) in [7, 11) is -3.39. The molecule has 2 heterocycles. The molecular weight excluding hydrogens is 396 g/mol. The third-order valence-electron chi connectivity index (χ3n) is 5.02. The summed E-state index contributed by atoms with van der Waals surface area (Å²) < 4.78 is 43.4. The topological polar surface area (TPSA) is 85.4 Å². The summed E-state index contributed by atoms with van der Waals surface area (Å²) in [4.78, 5) is 13.3. The summed E-state index contributed by atoms with van der Waals surface area (Å²) in [6.07, 6.45) is 0.817. The number of sulfonamides is 1. The lowest BCUT2D eigenvalue weighted by molar-refractivity contribution is 0.0934. The van der Waals surface area contributed by atoms with E-state index >= 15 is 0 Å². The van der Waals surface area contributed by atoms with E-state index in [4.69, 9.17) is 14.2 Å². The highest BCUT2D eigenvalue weighted by molar-refractivity contribution is 7.89. The minimum atomic E-state index is -3.39. The highest BCUT2D eigenvalue weighted by Gasteiger charge is 2.32. The number of hydrogen-bond acceptors (Lipinski definition) is 6. The van der Waals surface area contributed by atoms with E-state index in [9.17, 15) is 13.2 Å². The zero-order valence-corrected chi connectivity index (χ0v) is 18.2. The van der Waals surface area contributed by atoms with Crippen LogP contribution in [0, 0.1) is 0 Å². The van der Waals surface area contributed by atoms with Gasteiger partial charge in [0, 0.05) is 38.2 Å². The van der Waals surface area contributed by atoms with Crippen LogP contribution in [0.4, 0.5) is 4.79 Å². The summed E-state index contributed by atoms with van der Waals surface area (Å²) in [5.74, 6) is 1.43. The molecule has 9 heteroatoms. The Balaban J connectivity index is 1.46. The number of ether oxygens (including phenoxy) is 3. The van der Waals surface area contributed by atoms with Gasteiger partial charge in [-0.3, -0.25) is 0 Å². The molecule has 2 aliphatic rings. The number of piperazine rings is 1. The molecule has 162 valence electrons. The van der Waals surface area contributed by atoms with E-state index in [1.54, 1.807) is 6.92 Å². The Kier molecular flexibility index (Phi) is 6.58. The summed E-state index contributed by atoms with van der Waals surface area (Å²) in [5, 5.41) is 0. The van der Waals surface area contributed by atoms with Crippen molar-refractivity contribution in [1.82, 2.24) is 9.21 Å². The number of para-hydroxylation sites is 1. The molecule has 0 saturated carbocycles. The summed E-state index contributed by atoms with van der Waals surface area (Å²) in [6, 6.07) is 5.80. The van der Waals surface area contributed by atoms with E-state index in [0.29, 0.717) is 38.5 Å². The molecule has 0 aliphatic carbocycles. The molecule has 1 amide bonds.